The molecule has 0 fully saturated rings. The van der Waals surface area contributed by atoms with Crippen LogP contribution in [0.25, 0.3) is 0 Å². The van der Waals surface area contributed by atoms with E-state index in [1.807, 2.05) is 26.8 Å². The zero-order valence-electron chi connectivity index (χ0n) is 22.7. The van der Waals surface area contributed by atoms with E-state index in [1.165, 1.54) is 38.5 Å². The highest BCUT2D eigenvalue weighted by Gasteiger charge is 2.54. The third-order valence-corrected chi connectivity index (χ3v) is 6.99. The largest absolute Gasteiger partial charge is 0.544 e. The molecule has 0 saturated heterocycles. The second-order valence-corrected chi connectivity index (χ2v) is 9.81. The van der Waals surface area contributed by atoms with E-state index < -0.39 is 40.5 Å². The maximum Gasteiger partial charge on any atom is 0.363 e. The first-order valence-electron chi connectivity index (χ1n) is 14.0. The summed E-state index contributed by atoms with van der Waals surface area (Å²) in [5, 5.41) is 32.7. The Labute approximate surface area is 213 Å². The van der Waals surface area contributed by atoms with Gasteiger partial charge < -0.3 is 20.1 Å². The molecule has 3 unspecified atom stereocenters. The fourth-order valence-electron chi connectivity index (χ4n) is 5.21. The molecule has 0 aliphatic rings. The van der Waals surface area contributed by atoms with Gasteiger partial charge in [-0.2, -0.15) is 0 Å². The molecule has 0 aromatic carbocycles. The molecule has 3 atom stereocenters. The van der Waals surface area contributed by atoms with Gasteiger partial charge in [-0.15, -0.1) is 0 Å². The van der Waals surface area contributed by atoms with Crippen molar-refractivity contribution in [3.8, 4) is 0 Å². The van der Waals surface area contributed by atoms with Crippen molar-refractivity contribution in [1.82, 2.24) is 0 Å². The quantitative estimate of drug-likeness (QED) is 0.139. The van der Waals surface area contributed by atoms with E-state index in [9.17, 15) is 29.7 Å². The van der Waals surface area contributed by atoms with E-state index >= 15 is 0 Å². The van der Waals surface area contributed by atoms with Crippen molar-refractivity contribution in [2.45, 2.75) is 149 Å². The second kappa shape index (κ2) is 19.3. The van der Waals surface area contributed by atoms with Crippen LogP contribution >= 0.6 is 0 Å². The number of carboxylic acids is 3. The molecule has 0 aromatic heterocycles. The molecule has 0 amide bonds. The molecule has 0 aliphatic carbocycles. The topological polar surface area (TPSA) is 115 Å². The Bertz CT molecular complexity index is 573. The number of carbonyl (C=O) groups excluding carboxylic acids is 1. The lowest BCUT2D eigenvalue weighted by Gasteiger charge is -2.49. The summed E-state index contributed by atoms with van der Waals surface area (Å²) in [6, 6.07) is -3.57. The lowest BCUT2D eigenvalue weighted by Crippen LogP contribution is -2.71. The van der Waals surface area contributed by atoms with E-state index in [0.29, 0.717) is 25.7 Å². The normalized spacial score (nSPS) is 16.0. The second-order valence-electron chi connectivity index (χ2n) is 9.81. The van der Waals surface area contributed by atoms with Gasteiger partial charge in [-0.05, 0) is 31.8 Å². The standard InChI is InChI=1S/C28H51NO6/c1-5-9-10-11-12-13-14-15-16-17-18-22-29(23(19-6-2)26(30)31,24(20-7-3)27(32)33)25(21-8-4)28(34)35/h18,22-25H,5-17,19-21H2,1-4H3,(H2-,30,31,32,33,34,35)/b22-18+. The van der Waals surface area contributed by atoms with Gasteiger partial charge in [-0.1, -0.05) is 85.5 Å². The van der Waals surface area contributed by atoms with Crippen LogP contribution in [0.15, 0.2) is 12.3 Å². The molecule has 0 saturated carbocycles. The molecule has 7 nitrogen and oxygen atoms in total. The van der Waals surface area contributed by atoms with Crippen LogP contribution in [-0.2, 0) is 14.4 Å². The Morgan fingerprint density at radius 3 is 1.43 bits per heavy atom. The molecule has 0 heterocycles. The predicted octanol–water partition coefficient (Wildman–Crippen LogP) is 5.66. The number of allylic oxidation sites excluding steroid dienone is 1. The molecule has 204 valence electrons. The summed E-state index contributed by atoms with van der Waals surface area (Å²) < 4.78 is -0.611. The van der Waals surface area contributed by atoms with Crippen LogP contribution in [0.5, 0.6) is 0 Å². The van der Waals surface area contributed by atoms with Crippen molar-refractivity contribution in [2.75, 3.05) is 0 Å². The Kier molecular flexibility index (Phi) is 18.3. The van der Waals surface area contributed by atoms with Crippen molar-refractivity contribution in [2.24, 2.45) is 0 Å². The van der Waals surface area contributed by atoms with Gasteiger partial charge in [0, 0.05) is 19.3 Å². The fourth-order valence-corrected chi connectivity index (χ4v) is 5.21. The number of aliphatic carboxylic acids is 3. The zero-order chi connectivity index (χ0) is 26.7. The summed E-state index contributed by atoms with van der Waals surface area (Å²) in [6.45, 7) is 7.70. The minimum absolute atomic E-state index is 0.158. The van der Waals surface area contributed by atoms with Gasteiger partial charge in [0.05, 0.1) is 12.2 Å². The lowest BCUT2D eigenvalue weighted by molar-refractivity contribution is -0.930. The summed E-state index contributed by atoms with van der Waals surface area (Å²) in [6.07, 6.45) is 16.8. The van der Waals surface area contributed by atoms with Gasteiger partial charge in [0.2, 0.25) is 0 Å². The van der Waals surface area contributed by atoms with E-state index in [1.54, 1.807) is 6.20 Å². The highest BCUT2D eigenvalue weighted by molar-refractivity contribution is 5.77. The third kappa shape index (κ3) is 11.1. The van der Waals surface area contributed by atoms with E-state index in [-0.39, 0.29) is 19.3 Å². The molecule has 0 rings (SSSR count). The van der Waals surface area contributed by atoms with Crippen LogP contribution < -0.4 is 5.11 Å². The molecule has 35 heavy (non-hydrogen) atoms. The number of unbranched alkanes of at least 4 members (excludes halogenated alkanes) is 9. The minimum Gasteiger partial charge on any atom is -0.544 e. The van der Waals surface area contributed by atoms with Crippen LogP contribution in [0.1, 0.15) is 130 Å². The van der Waals surface area contributed by atoms with Crippen molar-refractivity contribution in [3.63, 3.8) is 0 Å². The molecule has 0 spiro atoms. The number of carboxylic acid groups (broad SMARTS) is 3. The predicted molar refractivity (Wildman–Crippen MR) is 138 cm³/mol. The summed E-state index contributed by atoms with van der Waals surface area (Å²) >= 11 is 0. The average Bonchev–Trinajstić information content (AvgIpc) is 2.81. The molecular formula is C28H51NO6. The first kappa shape index (κ1) is 33.1. The van der Waals surface area contributed by atoms with Gasteiger partial charge in [-0.25, -0.2) is 9.59 Å². The first-order chi connectivity index (χ1) is 16.7. The molecule has 0 aliphatic heterocycles. The molecule has 2 N–H and O–H groups in total. The fraction of sp³-hybridized carbons (Fsp3) is 0.821. The van der Waals surface area contributed by atoms with Gasteiger partial charge >= 0.3 is 11.9 Å². The molecule has 0 aromatic rings. The van der Waals surface area contributed by atoms with E-state index in [2.05, 4.69) is 6.92 Å². The van der Waals surface area contributed by atoms with Crippen molar-refractivity contribution < 1.29 is 34.2 Å². The Balaban J connectivity index is 5.87. The maximum absolute atomic E-state index is 12.4. The zero-order valence-corrected chi connectivity index (χ0v) is 22.7. The minimum atomic E-state index is -1.38. The van der Waals surface area contributed by atoms with Gasteiger partial charge in [0.1, 0.15) is 6.04 Å². The molecular weight excluding hydrogens is 446 g/mol. The number of hydrogen-bond donors (Lipinski definition) is 2. The first-order valence-corrected chi connectivity index (χ1v) is 14.0. The molecule has 0 bridgehead atoms. The number of nitrogens with zero attached hydrogens (tertiary/aromatic N) is 1. The summed E-state index contributed by atoms with van der Waals surface area (Å²) in [5.74, 6) is -3.71. The van der Waals surface area contributed by atoms with Crippen molar-refractivity contribution in [3.05, 3.63) is 12.3 Å². The molecule has 0 radical (unpaired) electrons. The van der Waals surface area contributed by atoms with Crippen LogP contribution in [0, 0.1) is 0 Å². The summed E-state index contributed by atoms with van der Waals surface area (Å²) in [7, 11) is 0. The van der Waals surface area contributed by atoms with Crippen molar-refractivity contribution >= 4 is 17.9 Å². The number of quaternary nitrogens is 1. The number of hydrogen-bond acceptors (Lipinski definition) is 4. The Hall–Kier alpha value is -1.89. The van der Waals surface area contributed by atoms with Gasteiger partial charge in [-0.3, -0.25) is 4.48 Å². The molecule has 7 heteroatoms. The summed E-state index contributed by atoms with van der Waals surface area (Å²) in [5.41, 5.74) is 0. The van der Waals surface area contributed by atoms with Gasteiger partial charge in [0.25, 0.3) is 0 Å². The maximum atomic E-state index is 12.4. The van der Waals surface area contributed by atoms with Gasteiger partial charge in [0.15, 0.2) is 12.1 Å². The lowest BCUT2D eigenvalue weighted by atomic mass is 9.93. The summed E-state index contributed by atoms with van der Waals surface area (Å²) in [4.78, 5) is 37.2. The van der Waals surface area contributed by atoms with Crippen LogP contribution in [0.3, 0.4) is 0 Å². The van der Waals surface area contributed by atoms with E-state index in [4.69, 9.17) is 0 Å². The number of carbonyl (C=O) groups is 3. The smallest absolute Gasteiger partial charge is 0.363 e. The average molecular weight is 498 g/mol. The highest BCUT2D eigenvalue weighted by atomic mass is 16.4. The van der Waals surface area contributed by atoms with E-state index in [0.717, 1.165) is 19.3 Å². The Morgan fingerprint density at radius 2 is 1.06 bits per heavy atom. The van der Waals surface area contributed by atoms with Crippen LogP contribution in [0.2, 0.25) is 0 Å². The SMILES string of the molecule is CCCCCCCCCCC/C=C/[N+](C(CCC)C(=O)[O-])(C(CCC)C(=O)O)C(CCC)C(=O)O. The monoisotopic (exact) mass is 497 g/mol. The third-order valence-electron chi connectivity index (χ3n) is 6.99. The van der Waals surface area contributed by atoms with Crippen LogP contribution in [-0.4, -0.2) is 50.7 Å². The van der Waals surface area contributed by atoms with Crippen LogP contribution in [0.4, 0.5) is 0 Å². The number of rotatable bonds is 23. The Morgan fingerprint density at radius 1 is 0.657 bits per heavy atom. The van der Waals surface area contributed by atoms with Crippen molar-refractivity contribution in [1.29, 1.82) is 0 Å². The highest BCUT2D eigenvalue weighted by Crippen LogP contribution is 2.34.